The van der Waals surface area contributed by atoms with E-state index in [0.717, 1.165) is 40.8 Å². The number of nitrogens with one attached hydrogen (secondary N) is 1. The Hall–Kier alpha value is -2.60. The Morgan fingerprint density at radius 1 is 1.07 bits per heavy atom. The Bertz CT molecular complexity index is 901. The van der Waals surface area contributed by atoms with Crippen molar-refractivity contribution in [3.63, 3.8) is 0 Å². The van der Waals surface area contributed by atoms with E-state index < -0.39 is 0 Å². The summed E-state index contributed by atoms with van der Waals surface area (Å²) in [4.78, 5) is 12.3. The lowest BCUT2D eigenvalue weighted by Gasteiger charge is -2.09. The van der Waals surface area contributed by atoms with Gasteiger partial charge in [-0.1, -0.05) is 48.2 Å². The van der Waals surface area contributed by atoms with E-state index >= 15 is 0 Å². The van der Waals surface area contributed by atoms with Crippen molar-refractivity contribution in [2.45, 2.75) is 38.9 Å². The van der Waals surface area contributed by atoms with Gasteiger partial charge in [-0.3, -0.25) is 4.79 Å². The molecule has 2 aromatic carbocycles. The normalized spacial score (nSPS) is 10.8. The maximum atomic E-state index is 12.3. The monoisotopic (exact) mass is 380 g/mol. The number of aryl methyl sites for hydroxylation is 2. The fourth-order valence-corrected chi connectivity index (χ4v) is 3.85. The molecule has 0 fully saturated rings. The number of carbonyl (C=O) groups is 1. The minimum Gasteiger partial charge on any atom is -0.325 e. The van der Waals surface area contributed by atoms with Crippen LogP contribution in [0.3, 0.4) is 0 Å². The lowest BCUT2D eigenvalue weighted by atomic mass is 10.1. The van der Waals surface area contributed by atoms with Crippen LogP contribution in [0.2, 0.25) is 0 Å². The van der Waals surface area contributed by atoms with Gasteiger partial charge in [0.1, 0.15) is 5.82 Å². The molecule has 1 amide bonds. The highest BCUT2D eigenvalue weighted by Gasteiger charge is 2.13. The molecule has 3 aromatic rings. The first-order valence-electron chi connectivity index (χ1n) is 9.02. The molecule has 0 bridgehead atoms. The number of aromatic nitrogens is 3. The maximum absolute atomic E-state index is 12.3. The van der Waals surface area contributed by atoms with Crippen molar-refractivity contribution in [3.05, 3.63) is 71.0 Å². The molecule has 0 spiro atoms. The van der Waals surface area contributed by atoms with Gasteiger partial charge in [0.2, 0.25) is 5.91 Å². The first kappa shape index (κ1) is 19.2. The highest BCUT2D eigenvalue weighted by atomic mass is 32.2. The van der Waals surface area contributed by atoms with Crippen LogP contribution in [-0.4, -0.2) is 26.4 Å². The molecule has 0 saturated heterocycles. The van der Waals surface area contributed by atoms with Crippen LogP contribution < -0.4 is 5.32 Å². The number of benzene rings is 2. The van der Waals surface area contributed by atoms with Gasteiger partial charge in [0, 0.05) is 18.7 Å². The molecule has 3 rings (SSSR count). The summed E-state index contributed by atoms with van der Waals surface area (Å²) >= 11 is 1.42. The summed E-state index contributed by atoms with van der Waals surface area (Å²) in [6.07, 6.45) is 0.733. The third-order valence-electron chi connectivity index (χ3n) is 4.15. The summed E-state index contributed by atoms with van der Waals surface area (Å²) < 4.78 is 2.07. The average Bonchev–Trinajstić information content (AvgIpc) is 3.01. The molecule has 0 unspecified atom stereocenters. The van der Waals surface area contributed by atoms with Crippen molar-refractivity contribution >= 4 is 23.4 Å². The van der Waals surface area contributed by atoms with Crippen molar-refractivity contribution in [3.8, 4) is 0 Å². The van der Waals surface area contributed by atoms with Gasteiger partial charge < -0.3 is 9.88 Å². The molecule has 27 heavy (non-hydrogen) atoms. The predicted molar refractivity (Wildman–Crippen MR) is 110 cm³/mol. The van der Waals surface area contributed by atoms with E-state index in [1.807, 2.05) is 44.2 Å². The van der Waals surface area contributed by atoms with Crippen LogP contribution in [0.4, 0.5) is 5.69 Å². The van der Waals surface area contributed by atoms with Gasteiger partial charge in [-0.25, -0.2) is 0 Å². The molecule has 0 saturated carbocycles. The van der Waals surface area contributed by atoms with Crippen molar-refractivity contribution in [1.29, 1.82) is 0 Å². The zero-order valence-electron chi connectivity index (χ0n) is 15.9. The molecule has 0 aliphatic heterocycles. The van der Waals surface area contributed by atoms with Crippen LogP contribution in [0.25, 0.3) is 0 Å². The molecule has 0 aliphatic rings. The maximum Gasteiger partial charge on any atom is 0.234 e. The highest BCUT2D eigenvalue weighted by molar-refractivity contribution is 7.99. The van der Waals surface area contributed by atoms with Gasteiger partial charge in [-0.05, 0) is 49.6 Å². The Kier molecular flexibility index (Phi) is 6.29. The molecule has 0 aliphatic carbocycles. The number of hydrogen-bond donors (Lipinski definition) is 1. The number of hydrogen-bond acceptors (Lipinski definition) is 4. The van der Waals surface area contributed by atoms with Crippen LogP contribution in [0.1, 0.15) is 29.4 Å². The van der Waals surface area contributed by atoms with E-state index in [2.05, 4.69) is 45.2 Å². The van der Waals surface area contributed by atoms with Crippen LogP contribution in [0, 0.1) is 13.8 Å². The molecule has 1 heterocycles. The molecule has 140 valence electrons. The molecule has 1 N–H and O–H groups in total. The minimum atomic E-state index is -0.0414. The van der Waals surface area contributed by atoms with Crippen molar-refractivity contribution in [2.24, 2.45) is 0 Å². The molecule has 0 radical (unpaired) electrons. The van der Waals surface area contributed by atoms with Crippen LogP contribution in [-0.2, 0) is 17.8 Å². The number of amides is 1. The Morgan fingerprint density at radius 2 is 1.78 bits per heavy atom. The van der Waals surface area contributed by atoms with Crippen molar-refractivity contribution in [1.82, 2.24) is 14.8 Å². The fourth-order valence-electron chi connectivity index (χ4n) is 3.03. The first-order chi connectivity index (χ1) is 13.0. The van der Waals surface area contributed by atoms with Crippen LogP contribution in [0.15, 0.2) is 53.7 Å². The van der Waals surface area contributed by atoms with Crippen LogP contribution >= 0.6 is 11.8 Å². The molecule has 1 aromatic heterocycles. The fraction of sp³-hybridized carbons (Fsp3) is 0.286. The third-order valence-corrected chi connectivity index (χ3v) is 5.12. The van der Waals surface area contributed by atoms with Crippen molar-refractivity contribution in [2.75, 3.05) is 11.1 Å². The molecule has 5 nitrogen and oxygen atoms in total. The minimum absolute atomic E-state index is 0.0414. The van der Waals surface area contributed by atoms with E-state index in [1.54, 1.807) is 0 Å². The largest absolute Gasteiger partial charge is 0.325 e. The first-order valence-corrected chi connectivity index (χ1v) is 10.0. The lowest BCUT2D eigenvalue weighted by molar-refractivity contribution is -0.113. The van der Waals surface area contributed by atoms with Crippen LogP contribution in [0.5, 0.6) is 0 Å². The predicted octanol–water partition coefficient (Wildman–Crippen LogP) is 4.24. The SMILES string of the molecule is CCn1c(Cc2ccccc2)nnc1SCC(=O)Nc1cc(C)cc(C)c1. The quantitative estimate of drug-likeness (QED) is 0.623. The van der Waals surface area contributed by atoms with E-state index in [0.29, 0.717) is 5.75 Å². The number of carbonyl (C=O) groups excluding carboxylic acids is 1. The Morgan fingerprint density at radius 3 is 2.44 bits per heavy atom. The number of thioether (sulfide) groups is 1. The van der Waals surface area contributed by atoms with E-state index in [9.17, 15) is 4.79 Å². The molecular weight excluding hydrogens is 356 g/mol. The van der Waals surface area contributed by atoms with Gasteiger partial charge in [0.15, 0.2) is 5.16 Å². The summed E-state index contributed by atoms with van der Waals surface area (Å²) in [6, 6.07) is 16.2. The Balaban J connectivity index is 1.63. The Labute approximate surface area is 164 Å². The zero-order chi connectivity index (χ0) is 19.2. The summed E-state index contributed by atoms with van der Waals surface area (Å²) in [5, 5.41) is 12.4. The van der Waals surface area contributed by atoms with Gasteiger partial charge in [0.05, 0.1) is 5.75 Å². The second-order valence-electron chi connectivity index (χ2n) is 6.52. The van der Waals surface area contributed by atoms with E-state index in [1.165, 1.54) is 17.3 Å². The second kappa shape index (κ2) is 8.86. The lowest BCUT2D eigenvalue weighted by Crippen LogP contribution is -2.15. The highest BCUT2D eigenvalue weighted by Crippen LogP contribution is 2.20. The summed E-state index contributed by atoms with van der Waals surface area (Å²) in [7, 11) is 0. The third kappa shape index (κ3) is 5.20. The summed E-state index contributed by atoms with van der Waals surface area (Å²) in [5.41, 5.74) is 4.30. The van der Waals surface area contributed by atoms with E-state index in [-0.39, 0.29) is 5.91 Å². The second-order valence-corrected chi connectivity index (χ2v) is 7.46. The van der Waals surface area contributed by atoms with Gasteiger partial charge in [-0.15, -0.1) is 10.2 Å². The topological polar surface area (TPSA) is 59.8 Å². The van der Waals surface area contributed by atoms with Gasteiger partial charge in [0.25, 0.3) is 0 Å². The molecule has 6 heteroatoms. The summed E-state index contributed by atoms with van der Waals surface area (Å²) in [5.74, 6) is 1.18. The average molecular weight is 381 g/mol. The zero-order valence-corrected chi connectivity index (χ0v) is 16.7. The number of rotatable bonds is 7. The van der Waals surface area contributed by atoms with Crippen molar-refractivity contribution < 1.29 is 4.79 Å². The number of anilines is 1. The smallest absolute Gasteiger partial charge is 0.234 e. The van der Waals surface area contributed by atoms with Gasteiger partial charge >= 0.3 is 0 Å². The summed E-state index contributed by atoms with van der Waals surface area (Å²) in [6.45, 7) is 6.89. The van der Waals surface area contributed by atoms with Gasteiger partial charge in [-0.2, -0.15) is 0 Å². The molecule has 0 atom stereocenters. The van der Waals surface area contributed by atoms with E-state index in [4.69, 9.17) is 0 Å². The molecular formula is C21H24N4OS. The standard InChI is InChI=1S/C21H24N4OS/c1-4-25-19(13-17-8-6-5-7-9-17)23-24-21(25)27-14-20(26)22-18-11-15(2)10-16(3)12-18/h5-12H,4,13-14H2,1-3H3,(H,22,26). The number of nitrogens with zero attached hydrogens (tertiary/aromatic N) is 3.